The van der Waals surface area contributed by atoms with Crippen LogP contribution in [0.1, 0.15) is 51.2 Å². The molecule has 0 unspecified atom stereocenters. The Morgan fingerprint density at radius 2 is 1.27 bits per heavy atom. The minimum absolute atomic E-state index is 0.175. The summed E-state index contributed by atoms with van der Waals surface area (Å²) in [6, 6.07) is 13.4. The van der Waals surface area contributed by atoms with Crippen molar-refractivity contribution in [1.29, 1.82) is 0 Å². The Labute approximate surface area is 154 Å². The fraction of sp³-hybridized carbons (Fsp3) is 0.455. The minimum Gasteiger partial charge on any atom is -0.312 e. The molecule has 0 saturated carbocycles. The van der Waals surface area contributed by atoms with E-state index in [1.165, 1.54) is 30.5 Å². The van der Waals surface area contributed by atoms with Crippen molar-refractivity contribution < 1.29 is 13.2 Å². The summed E-state index contributed by atoms with van der Waals surface area (Å²) in [5.74, 6) is 0. The van der Waals surface area contributed by atoms with Gasteiger partial charge in [0.05, 0.1) is 5.56 Å². The first kappa shape index (κ1) is 20.5. The van der Waals surface area contributed by atoms with Crippen LogP contribution in [0.4, 0.5) is 13.2 Å². The van der Waals surface area contributed by atoms with Crippen LogP contribution in [0, 0.1) is 0 Å². The number of nitrogens with one attached hydrogen (secondary N) is 1. The molecule has 26 heavy (non-hydrogen) atoms. The van der Waals surface area contributed by atoms with E-state index >= 15 is 0 Å². The molecule has 2 aromatic rings. The predicted octanol–water partition coefficient (Wildman–Crippen LogP) is 6.47. The van der Waals surface area contributed by atoms with Crippen LogP contribution in [0.3, 0.4) is 0 Å². The molecule has 0 atom stereocenters. The topological polar surface area (TPSA) is 12.0 Å². The summed E-state index contributed by atoms with van der Waals surface area (Å²) in [5.41, 5.74) is 2.58. The van der Waals surface area contributed by atoms with Crippen LogP contribution in [0.15, 0.2) is 48.5 Å². The van der Waals surface area contributed by atoms with E-state index in [4.69, 9.17) is 0 Å². The monoisotopic (exact) mass is 363 g/mol. The Kier molecular flexibility index (Phi) is 6.87. The lowest BCUT2D eigenvalue weighted by atomic mass is 10.0. The van der Waals surface area contributed by atoms with E-state index in [0.29, 0.717) is 0 Å². The van der Waals surface area contributed by atoms with Gasteiger partial charge in [-0.1, -0.05) is 42.8 Å². The molecule has 1 N–H and O–H groups in total. The van der Waals surface area contributed by atoms with Gasteiger partial charge in [0.15, 0.2) is 0 Å². The molecule has 2 aromatic carbocycles. The SMILES string of the molecule is CC(C)(C)NCCCCCc1ccc(-c2ccc(C(F)(F)F)cc2)cc1. The van der Waals surface area contributed by atoms with Crippen molar-refractivity contribution in [3.63, 3.8) is 0 Å². The molecule has 2 rings (SSSR count). The summed E-state index contributed by atoms with van der Waals surface area (Å²) >= 11 is 0. The summed E-state index contributed by atoms with van der Waals surface area (Å²) in [7, 11) is 0. The van der Waals surface area contributed by atoms with E-state index in [0.717, 1.165) is 42.6 Å². The molecule has 0 aliphatic heterocycles. The Hall–Kier alpha value is -1.81. The maximum absolute atomic E-state index is 12.6. The maximum atomic E-state index is 12.6. The van der Waals surface area contributed by atoms with Crippen molar-refractivity contribution in [1.82, 2.24) is 5.32 Å². The number of alkyl halides is 3. The Morgan fingerprint density at radius 3 is 1.77 bits per heavy atom. The lowest BCUT2D eigenvalue weighted by Gasteiger charge is -2.20. The third kappa shape index (κ3) is 6.83. The number of aryl methyl sites for hydroxylation is 1. The highest BCUT2D eigenvalue weighted by atomic mass is 19.4. The van der Waals surface area contributed by atoms with Gasteiger partial charge in [-0.15, -0.1) is 0 Å². The normalized spacial score (nSPS) is 12.4. The van der Waals surface area contributed by atoms with Crippen LogP contribution in [0.2, 0.25) is 0 Å². The highest BCUT2D eigenvalue weighted by Crippen LogP contribution is 2.31. The van der Waals surface area contributed by atoms with E-state index < -0.39 is 11.7 Å². The third-order valence-electron chi connectivity index (χ3n) is 4.30. The maximum Gasteiger partial charge on any atom is 0.416 e. The summed E-state index contributed by atoms with van der Waals surface area (Å²) in [5, 5.41) is 3.49. The van der Waals surface area contributed by atoms with Crippen molar-refractivity contribution >= 4 is 0 Å². The molecule has 0 heterocycles. The summed E-state index contributed by atoms with van der Waals surface area (Å²) < 4.78 is 37.9. The molecule has 4 heteroatoms. The average molecular weight is 363 g/mol. The van der Waals surface area contributed by atoms with Gasteiger partial charge in [-0.25, -0.2) is 0 Å². The van der Waals surface area contributed by atoms with E-state index in [1.54, 1.807) is 0 Å². The number of hydrogen-bond donors (Lipinski definition) is 1. The van der Waals surface area contributed by atoms with Gasteiger partial charge >= 0.3 is 6.18 Å². The second-order valence-electron chi connectivity index (χ2n) is 7.76. The number of rotatable bonds is 7. The molecule has 0 aliphatic rings. The van der Waals surface area contributed by atoms with E-state index in [-0.39, 0.29) is 5.54 Å². The second kappa shape index (κ2) is 8.72. The largest absolute Gasteiger partial charge is 0.416 e. The quantitative estimate of drug-likeness (QED) is 0.556. The van der Waals surface area contributed by atoms with Crippen LogP contribution in [0.25, 0.3) is 11.1 Å². The highest BCUT2D eigenvalue weighted by Gasteiger charge is 2.29. The molecule has 0 bridgehead atoms. The first-order valence-corrected chi connectivity index (χ1v) is 9.17. The van der Waals surface area contributed by atoms with E-state index in [9.17, 15) is 13.2 Å². The first-order chi connectivity index (χ1) is 12.1. The fourth-order valence-electron chi connectivity index (χ4n) is 2.81. The van der Waals surface area contributed by atoms with E-state index in [1.807, 2.05) is 12.1 Å². The molecule has 0 aromatic heterocycles. The standard InChI is InChI=1S/C22H28F3N/c1-21(2,3)26-16-6-4-5-7-17-8-10-18(11-9-17)19-12-14-20(15-13-19)22(23,24)25/h8-15,26H,4-7,16H2,1-3H3. The van der Waals surface area contributed by atoms with Gasteiger partial charge in [0, 0.05) is 5.54 Å². The Bertz CT molecular complexity index is 665. The zero-order valence-corrected chi connectivity index (χ0v) is 15.8. The van der Waals surface area contributed by atoms with Gasteiger partial charge in [-0.05, 0) is 75.4 Å². The molecule has 0 aliphatic carbocycles. The molecular weight excluding hydrogens is 335 g/mol. The fourth-order valence-corrected chi connectivity index (χ4v) is 2.81. The number of halogens is 3. The number of hydrogen-bond acceptors (Lipinski definition) is 1. The van der Waals surface area contributed by atoms with Gasteiger partial charge in [0.2, 0.25) is 0 Å². The van der Waals surface area contributed by atoms with Gasteiger partial charge in [0.1, 0.15) is 0 Å². The molecule has 0 amide bonds. The third-order valence-corrected chi connectivity index (χ3v) is 4.30. The second-order valence-corrected chi connectivity index (χ2v) is 7.76. The smallest absolute Gasteiger partial charge is 0.312 e. The Balaban J connectivity index is 1.81. The zero-order chi connectivity index (χ0) is 19.2. The van der Waals surface area contributed by atoms with Crippen LogP contribution in [0.5, 0.6) is 0 Å². The van der Waals surface area contributed by atoms with Crippen molar-refractivity contribution in [2.75, 3.05) is 6.54 Å². The number of unbranched alkanes of at least 4 members (excludes halogenated alkanes) is 2. The summed E-state index contributed by atoms with van der Waals surface area (Å²) in [6.45, 7) is 7.55. The van der Waals surface area contributed by atoms with Crippen LogP contribution < -0.4 is 5.32 Å². The van der Waals surface area contributed by atoms with Crippen molar-refractivity contribution in [2.45, 2.75) is 58.2 Å². The first-order valence-electron chi connectivity index (χ1n) is 9.17. The summed E-state index contributed by atoms with van der Waals surface area (Å²) in [4.78, 5) is 0. The van der Waals surface area contributed by atoms with Gasteiger partial charge < -0.3 is 5.32 Å². The van der Waals surface area contributed by atoms with Crippen LogP contribution in [-0.2, 0) is 12.6 Å². The van der Waals surface area contributed by atoms with Gasteiger partial charge in [-0.3, -0.25) is 0 Å². The molecule has 1 nitrogen and oxygen atoms in total. The molecule has 142 valence electrons. The summed E-state index contributed by atoms with van der Waals surface area (Å²) in [6.07, 6.45) is 0.240. The molecule has 0 spiro atoms. The number of benzene rings is 2. The molecule has 0 saturated heterocycles. The Morgan fingerprint density at radius 1 is 0.731 bits per heavy atom. The molecular formula is C22H28F3N. The zero-order valence-electron chi connectivity index (χ0n) is 15.8. The van der Waals surface area contributed by atoms with Crippen LogP contribution in [-0.4, -0.2) is 12.1 Å². The highest BCUT2D eigenvalue weighted by molar-refractivity contribution is 5.64. The van der Waals surface area contributed by atoms with Crippen molar-refractivity contribution in [3.8, 4) is 11.1 Å². The lowest BCUT2D eigenvalue weighted by Crippen LogP contribution is -2.36. The van der Waals surface area contributed by atoms with Gasteiger partial charge in [-0.2, -0.15) is 13.2 Å². The molecule has 0 radical (unpaired) electrons. The average Bonchev–Trinajstić information content (AvgIpc) is 2.57. The lowest BCUT2D eigenvalue weighted by molar-refractivity contribution is -0.137. The van der Waals surface area contributed by atoms with Gasteiger partial charge in [0.25, 0.3) is 0 Å². The van der Waals surface area contributed by atoms with Crippen LogP contribution >= 0.6 is 0 Å². The van der Waals surface area contributed by atoms with Crippen molar-refractivity contribution in [3.05, 3.63) is 59.7 Å². The minimum atomic E-state index is -4.29. The van der Waals surface area contributed by atoms with Crippen molar-refractivity contribution in [2.24, 2.45) is 0 Å². The molecule has 0 fully saturated rings. The predicted molar refractivity (Wildman–Crippen MR) is 102 cm³/mol. The van der Waals surface area contributed by atoms with E-state index in [2.05, 4.69) is 38.2 Å².